The largest absolute Gasteiger partial charge is 0.383 e. The number of hydrogen-bond donors (Lipinski definition) is 1. The van der Waals surface area contributed by atoms with Crippen molar-refractivity contribution in [3.05, 3.63) is 36.5 Å². The minimum atomic E-state index is -0.313. The summed E-state index contributed by atoms with van der Waals surface area (Å²) in [7, 11) is 1.59. The van der Waals surface area contributed by atoms with Gasteiger partial charge in [0, 0.05) is 39.4 Å². The van der Waals surface area contributed by atoms with Gasteiger partial charge in [0.25, 0.3) is 0 Å². The number of nitrogens with zero attached hydrogens (tertiary/aromatic N) is 5. The van der Waals surface area contributed by atoms with E-state index in [1.165, 1.54) is 6.33 Å². The van der Waals surface area contributed by atoms with Crippen molar-refractivity contribution in [2.24, 2.45) is 5.92 Å². The van der Waals surface area contributed by atoms with Crippen molar-refractivity contribution >= 4 is 11.8 Å². The monoisotopic (exact) mass is 344 g/mol. The Hall–Kier alpha value is -2.81. The number of amides is 2. The average Bonchev–Trinajstić information content (AvgIpc) is 3.28. The van der Waals surface area contributed by atoms with Crippen LogP contribution in [-0.4, -0.2) is 63.3 Å². The van der Waals surface area contributed by atoms with E-state index in [0.717, 1.165) is 5.56 Å². The molecule has 25 heavy (non-hydrogen) atoms. The lowest BCUT2D eigenvalue weighted by Gasteiger charge is -2.15. The molecule has 1 N–H and O–H groups in total. The summed E-state index contributed by atoms with van der Waals surface area (Å²) in [5.41, 5.74) is 0.873. The van der Waals surface area contributed by atoms with Crippen molar-refractivity contribution in [3.63, 3.8) is 0 Å². The number of ether oxygens (including phenoxy) is 1. The van der Waals surface area contributed by atoms with Gasteiger partial charge in [0.1, 0.15) is 12.7 Å². The van der Waals surface area contributed by atoms with Gasteiger partial charge < -0.3 is 15.0 Å². The summed E-state index contributed by atoms with van der Waals surface area (Å²) in [5.74, 6) is 0.221. The van der Waals surface area contributed by atoms with Crippen molar-refractivity contribution in [1.29, 1.82) is 0 Å². The highest BCUT2D eigenvalue weighted by atomic mass is 16.5. The Kier molecular flexibility index (Phi) is 5.34. The smallest absolute Gasteiger partial charge is 0.225 e. The van der Waals surface area contributed by atoms with Crippen molar-refractivity contribution in [2.75, 3.05) is 26.8 Å². The van der Waals surface area contributed by atoms with Crippen molar-refractivity contribution in [2.45, 2.75) is 13.0 Å². The normalized spacial score (nSPS) is 17.1. The number of likely N-dealkylation sites (tertiary alicyclic amines) is 1. The zero-order valence-electron chi connectivity index (χ0n) is 14.0. The molecule has 0 radical (unpaired) electrons. The SMILES string of the molecule is COCCN1C[C@H](C(=O)NCc2ccc(-n3cncn3)nc2)CC1=O. The fourth-order valence-electron chi connectivity index (χ4n) is 2.68. The lowest BCUT2D eigenvalue weighted by atomic mass is 10.1. The molecule has 9 heteroatoms. The molecule has 2 amide bonds. The first-order valence-electron chi connectivity index (χ1n) is 8.01. The summed E-state index contributed by atoms with van der Waals surface area (Å²) in [6, 6.07) is 3.68. The number of pyridine rings is 1. The third-order valence-corrected chi connectivity index (χ3v) is 4.08. The van der Waals surface area contributed by atoms with Gasteiger partial charge >= 0.3 is 0 Å². The van der Waals surface area contributed by atoms with Crippen LogP contribution in [0.4, 0.5) is 0 Å². The van der Waals surface area contributed by atoms with Crippen LogP contribution in [0, 0.1) is 5.92 Å². The van der Waals surface area contributed by atoms with E-state index in [0.29, 0.717) is 32.1 Å². The van der Waals surface area contributed by atoms with Crippen LogP contribution in [-0.2, 0) is 20.9 Å². The van der Waals surface area contributed by atoms with E-state index in [1.807, 2.05) is 12.1 Å². The second-order valence-electron chi connectivity index (χ2n) is 5.82. The number of carbonyl (C=O) groups excluding carboxylic acids is 2. The predicted octanol–water partition coefficient (Wildman–Crippen LogP) is -0.227. The number of aromatic nitrogens is 4. The molecule has 2 aromatic heterocycles. The van der Waals surface area contributed by atoms with E-state index in [1.54, 1.807) is 29.2 Å². The standard InChI is InChI=1S/C16H20N6O3/c1-25-5-4-21-9-13(6-15(21)23)16(24)19-8-12-2-3-14(18-7-12)22-11-17-10-20-22/h2-3,7,10-11,13H,4-6,8-9H2,1H3,(H,19,24)/t13-/m1/s1. The van der Waals surface area contributed by atoms with Crippen LogP contribution in [0.2, 0.25) is 0 Å². The van der Waals surface area contributed by atoms with Gasteiger partial charge in [-0.25, -0.2) is 14.6 Å². The summed E-state index contributed by atoms with van der Waals surface area (Å²) < 4.78 is 6.53. The van der Waals surface area contributed by atoms with Crippen LogP contribution in [0.3, 0.4) is 0 Å². The molecular weight excluding hydrogens is 324 g/mol. The van der Waals surface area contributed by atoms with Gasteiger partial charge in [0.2, 0.25) is 11.8 Å². The van der Waals surface area contributed by atoms with E-state index < -0.39 is 0 Å². The Balaban J connectivity index is 1.50. The molecule has 132 valence electrons. The zero-order valence-corrected chi connectivity index (χ0v) is 14.0. The van der Waals surface area contributed by atoms with Crippen LogP contribution >= 0.6 is 0 Å². The molecule has 3 heterocycles. The molecule has 9 nitrogen and oxygen atoms in total. The summed E-state index contributed by atoms with van der Waals surface area (Å²) in [6.07, 6.45) is 4.94. The van der Waals surface area contributed by atoms with E-state index in [2.05, 4.69) is 20.4 Å². The second kappa shape index (κ2) is 7.84. The summed E-state index contributed by atoms with van der Waals surface area (Å²) in [4.78, 5) is 34.0. The van der Waals surface area contributed by atoms with E-state index in [-0.39, 0.29) is 24.2 Å². The third kappa shape index (κ3) is 4.18. The highest BCUT2D eigenvalue weighted by molar-refractivity contribution is 5.89. The summed E-state index contributed by atoms with van der Waals surface area (Å²) >= 11 is 0. The quantitative estimate of drug-likeness (QED) is 0.745. The maximum atomic E-state index is 12.3. The number of rotatable bonds is 7. The molecule has 1 aliphatic heterocycles. The van der Waals surface area contributed by atoms with Crippen LogP contribution < -0.4 is 5.32 Å². The van der Waals surface area contributed by atoms with Crippen molar-refractivity contribution < 1.29 is 14.3 Å². The average molecular weight is 344 g/mol. The number of carbonyl (C=O) groups is 2. The number of hydrogen-bond acceptors (Lipinski definition) is 6. The van der Waals surface area contributed by atoms with Crippen LogP contribution in [0.5, 0.6) is 0 Å². The van der Waals surface area contributed by atoms with Gasteiger partial charge in [-0.15, -0.1) is 0 Å². The molecular formula is C16H20N6O3. The van der Waals surface area contributed by atoms with E-state index >= 15 is 0 Å². The first-order chi connectivity index (χ1) is 12.2. The maximum absolute atomic E-state index is 12.3. The summed E-state index contributed by atoms with van der Waals surface area (Å²) in [6.45, 7) is 1.81. The van der Waals surface area contributed by atoms with Crippen LogP contribution in [0.15, 0.2) is 31.0 Å². The maximum Gasteiger partial charge on any atom is 0.225 e. The first-order valence-corrected chi connectivity index (χ1v) is 8.01. The van der Waals surface area contributed by atoms with Crippen LogP contribution in [0.25, 0.3) is 5.82 Å². The minimum Gasteiger partial charge on any atom is -0.383 e. The molecule has 0 aromatic carbocycles. The van der Waals surface area contributed by atoms with Gasteiger partial charge in [-0.1, -0.05) is 6.07 Å². The number of methoxy groups -OCH3 is 1. The highest BCUT2D eigenvalue weighted by Gasteiger charge is 2.33. The molecule has 1 fully saturated rings. The van der Waals surface area contributed by atoms with Gasteiger partial charge in [0.05, 0.1) is 12.5 Å². The zero-order chi connectivity index (χ0) is 17.6. The fraction of sp³-hybridized carbons (Fsp3) is 0.438. The fourth-order valence-corrected chi connectivity index (χ4v) is 2.68. The molecule has 0 spiro atoms. The third-order valence-electron chi connectivity index (χ3n) is 4.08. The lowest BCUT2D eigenvalue weighted by molar-refractivity contribution is -0.129. The molecule has 2 aromatic rings. The van der Waals surface area contributed by atoms with Gasteiger partial charge in [-0.3, -0.25) is 9.59 Å². The molecule has 1 atom stereocenters. The Bertz CT molecular complexity index is 716. The molecule has 0 unspecified atom stereocenters. The Morgan fingerprint density at radius 1 is 1.44 bits per heavy atom. The summed E-state index contributed by atoms with van der Waals surface area (Å²) in [5, 5.41) is 6.87. The molecule has 0 aliphatic carbocycles. The Morgan fingerprint density at radius 3 is 3.00 bits per heavy atom. The molecule has 3 rings (SSSR count). The molecule has 1 saturated heterocycles. The molecule has 0 bridgehead atoms. The Labute approximate surface area is 145 Å². The first kappa shape index (κ1) is 17.0. The lowest BCUT2D eigenvalue weighted by Crippen LogP contribution is -2.33. The molecule has 0 saturated carbocycles. The van der Waals surface area contributed by atoms with Gasteiger partial charge in [-0.2, -0.15) is 5.10 Å². The topological polar surface area (TPSA) is 102 Å². The van der Waals surface area contributed by atoms with Crippen molar-refractivity contribution in [3.8, 4) is 5.82 Å². The Morgan fingerprint density at radius 2 is 2.32 bits per heavy atom. The molecule has 1 aliphatic rings. The van der Waals surface area contributed by atoms with Crippen molar-refractivity contribution in [1.82, 2.24) is 30.0 Å². The second-order valence-corrected chi connectivity index (χ2v) is 5.82. The van der Waals surface area contributed by atoms with E-state index in [4.69, 9.17) is 4.74 Å². The van der Waals surface area contributed by atoms with Gasteiger partial charge in [0.15, 0.2) is 5.82 Å². The van der Waals surface area contributed by atoms with Crippen LogP contribution in [0.1, 0.15) is 12.0 Å². The predicted molar refractivity (Wildman–Crippen MR) is 87.6 cm³/mol. The minimum absolute atomic E-state index is 0.00366. The number of nitrogens with one attached hydrogen (secondary N) is 1. The highest BCUT2D eigenvalue weighted by Crippen LogP contribution is 2.17. The van der Waals surface area contributed by atoms with E-state index in [9.17, 15) is 9.59 Å². The van der Waals surface area contributed by atoms with Gasteiger partial charge in [-0.05, 0) is 11.6 Å².